The van der Waals surface area contributed by atoms with Gasteiger partial charge < -0.3 is 9.47 Å². The van der Waals surface area contributed by atoms with Gasteiger partial charge in [0.1, 0.15) is 11.5 Å². The molecule has 0 bridgehead atoms. The molecule has 4 heterocycles. The Balaban J connectivity index is 0.00000422. The quantitative estimate of drug-likeness (QED) is 0.162. The van der Waals surface area contributed by atoms with E-state index in [1.807, 2.05) is 16.9 Å². The predicted molar refractivity (Wildman–Crippen MR) is 230 cm³/mol. The van der Waals surface area contributed by atoms with Gasteiger partial charge in [0.05, 0.1) is 0 Å². The van der Waals surface area contributed by atoms with Gasteiger partial charge >= 0.3 is 21.1 Å². The SMILES string of the molecule is CC(C)(C)c1ccnc(-n2c3[c-]c(N4c5[c-]c(-n6cc(-c7ccccc7)c(-c7ccccc7)n6)ccc5C(C)(C)c5ccccc54)ccc3c3ccccc32)c1.[Pt+2]. The first-order valence-electron chi connectivity index (χ1n) is 19.3. The third-order valence-electron chi connectivity index (χ3n) is 11.4. The molecule has 0 saturated heterocycles. The maximum Gasteiger partial charge on any atom is 2.00 e. The first-order chi connectivity index (χ1) is 27.2. The zero-order chi connectivity index (χ0) is 38.2. The normalized spacial score (nSPS) is 13.3. The fourth-order valence-electron chi connectivity index (χ4n) is 8.39. The van der Waals surface area contributed by atoms with Crippen LogP contribution in [0.3, 0.4) is 0 Å². The minimum atomic E-state index is -0.276. The van der Waals surface area contributed by atoms with Gasteiger partial charge in [0.15, 0.2) is 0 Å². The Morgan fingerprint density at radius 1 is 0.632 bits per heavy atom. The number of benzene rings is 6. The molecule has 3 aromatic heterocycles. The molecule has 0 N–H and O–H groups in total. The van der Waals surface area contributed by atoms with Crippen LogP contribution in [0.5, 0.6) is 0 Å². The fourth-order valence-corrected chi connectivity index (χ4v) is 8.39. The number of para-hydroxylation sites is 2. The summed E-state index contributed by atoms with van der Waals surface area (Å²) in [5, 5.41) is 7.54. The van der Waals surface area contributed by atoms with Crippen molar-refractivity contribution in [1.29, 1.82) is 0 Å². The molecular weight excluding hydrogens is 878 g/mol. The Morgan fingerprint density at radius 2 is 1.32 bits per heavy atom. The van der Waals surface area contributed by atoms with Crippen LogP contribution in [0.15, 0.2) is 158 Å². The van der Waals surface area contributed by atoms with Crippen molar-refractivity contribution in [3.63, 3.8) is 0 Å². The average Bonchev–Trinajstić information content (AvgIpc) is 3.82. The van der Waals surface area contributed by atoms with E-state index in [0.717, 1.165) is 67.4 Å². The van der Waals surface area contributed by atoms with E-state index in [4.69, 9.17) is 10.1 Å². The van der Waals surface area contributed by atoms with Gasteiger partial charge in [-0.2, -0.15) is 17.2 Å². The van der Waals surface area contributed by atoms with E-state index in [1.165, 1.54) is 22.1 Å². The number of anilines is 3. The van der Waals surface area contributed by atoms with Gasteiger partial charge in [-0.3, -0.25) is 4.68 Å². The number of hydrogen-bond acceptors (Lipinski definition) is 3. The molecule has 10 rings (SSSR count). The Kier molecular flexibility index (Phi) is 8.90. The van der Waals surface area contributed by atoms with Crippen molar-refractivity contribution in [3.05, 3.63) is 187 Å². The molecule has 1 aliphatic heterocycles. The van der Waals surface area contributed by atoms with Crippen LogP contribution in [-0.2, 0) is 31.9 Å². The second-order valence-corrected chi connectivity index (χ2v) is 16.3. The number of fused-ring (bicyclic) bond motifs is 5. The zero-order valence-electron chi connectivity index (χ0n) is 32.6. The van der Waals surface area contributed by atoms with E-state index < -0.39 is 0 Å². The Morgan fingerprint density at radius 3 is 2.09 bits per heavy atom. The molecule has 1 aliphatic rings. The summed E-state index contributed by atoms with van der Waals surface area (Å²) >= 11 is 0. The molecular formula is C51H41N5Pt. The second kappa shape index (κ2) is 13.9. The number of nitrogens with zero attached hydrogens (tertiary/aromatic N) is 5. The van der Waals surface area contributed by atoms with Crippen LogP contribution in [-0.4, -0.2) is 19.3 Å². The Hall–Kier alpha value is -6.03. The monoisotopic (exact) mass is 918 g/mol. The summed E-state index contributed by atoms with van der Waals surface area (Å²) in [7, 11) is 0. The molecule has 0 aliphatic carbocycles. The molecule has 280 valence electrons. The zero-order valence-corrected chi connectivity index (χ0v) is 34.8. The maximum absolute atomic E-state index is 5.24. The van der Waals surface area contributed by atoms with Gasteiger partial charge in [-0.15, -0.1) is 35.2 Å². The molecule has 0 saturated carbocycles. The third-order valence-corrected chi connectivity index (χ3v) is 11.4. The maximum atomic E-state index is 5.24. The van der Waals surface area contributed by atoms with E-state index in [9.17, 15) is 0 Å². The van der Waals surface area contributed by atoms with Gasteiger partial charge in [0, 0.05) is 34.7 Å². The summed E-state index contributed by atoms with van der Waals surface area (Å²) in [4.78, 5) is 7.27. The molecule has 57 heavy (non-hydrogen) atoms. The van der Waals surface area contributed by atoms with E-state index in [-0.39, 0.29) is 31.9 Å². The van der Waals surface area contributed by atoms with Gasteiger partial charge in [-0.05, 0) is 62.9 Å². The molecule has 6 aromatic carbocycles. The smallest absolute Gasteiger partial charge is 0.358 e. The number of aromatic nitrogens is 4. The van der Waals surface area contributed by atoms with Crippen LogP contribution in [0.4, 0.5) is 17.1 Å². The van der Waals surface area contributed by atoms with Crippen molar-refractivity contribution < 1.29 is 21.1 Å². The Labute approximate surface area is 348 Å². The van der Waals surface area contributed by atoms with Crippen molar-refractivity contribution in [1.82, 2.24) is 19.3 Å². The molecule has 9 aromatic rings. The molecule has 0 radical (unpaired) electrons. The minimum Gasteiger partial charge on any atom is -0.358 e. The standard InChI is InChI=1S/C51H41N5.Pt/c1-50(2,3)36-28-29-52-48(30-36)56-44-22-14-12-20-39(44)40-26-24-38(32-46(40)56)55-45-23-15-13-21-42(45)51(4,5)43-27-25-37(31-47(43)55)54-33-41(34-16-8-6-9-17-34)49(53-54)35-18-10-7-11-19-35;/h6-30,33H,1-5H3;/q-2;+2. The van der Waals surface area contributed by atoms with Crippen molar-refractivity contribution in [3.8, 4) is 33.9 Å². The van der Waals surface area contributed by atoms with Crippen LogP contribution >= 0.6 is 0 Å². The molecule has 0 unspecified atom stereocenters. The van der Waals surface area contributed by atoms with E-state index >= 15 is 0 Å². The van der Waals surface area contributed by atoms with Gasteiger partial charge in [0.25, 0.3) is 0 Å². The van der Waals surface area contributed by atoms with Gasteiger partial charge in [-0.25, -0.2) is 4.98 Å². The number of rotatable bonds is 5. The van der Waals surface area contributed by atoms with Crippen LogP contribution in [0.2, 0.25) is 0 Å². The van der Waals surface area contributed by atoms with Crippen LogP contribution < -0.4 is 4.90 Å². The summed E-state index contributed by atoms with van der Waals surface area (Å²) in [6.07, 6.45) is 4.06. The van der Waals surface area contributed by atoms with Crippen molar-refractivity contribution in [2.45, 2.75) is 45.4 Å². The average molecular weight is 919 g/mol. The van der Waals surface area contributed by atoms with Crippen LogP contribution in [0.25, 0.3) is 55.7 Å². The molecule has 0 atom stereocenters. The number of pyridine rings is 1. The number of hydrogen-bond donors (Lipinski definition) is 0. The van der Waals surface area contributed by atoms with Gasteiger partial charge in [-0.1, -0.05) is 149 Å². The van der Waals surface area contributed by atoms with Crippen molar-refractivity contribution in [2.75, 3.05) is 4.90 Å². The van der Waals surface area contributed by atoms with E-state index in [0.29, 0.717) is 0 Å². The van der Waals surface area contributed by atoms with Crippen molar-refractivity contribution in [2.24, 2.45) is 0 Å². The van der Waals surface area contributed by atoms with Crippen LogP contribution in [0, 0.1) is 12.1 Å². The largest absolute Gasteiger partial charge is 2.00 e. The topological polar surface area (TPSA) is 38.9 Å². The Bertz CT molecular complexity index is 2880. The first kappa shape index (κ1) is 36.6. The van der Waals surface area contributed by atoms with E-state index in [2.05, 4.69) is 202 Å². The second-order valence-electron chi connectivity index (χ2n) is 16.3. The first-order valence-corrected chi connectivity index (χ1v) is 19.3. The van der Waals surface area contributed by atoms with E-state index in [1.54, 1.807) is 0 Å². The fraction of sp³-hybridized carbons (Fsp3) is 0.137. The molecule has 0 amide bonds. The van der Waals surface area contributed by atoms with Gasteiger partial charge in [0.2, 0.25) is 0 Å². The molecule has 5 nitrogen and oxygen atoms in total. The van der Waals surface area contributed by atoms with Crippen LogP contribution in [0.1, 0.15) is 51.3 Å². The molecule has 0 spiro atoms. The third kappa shape index (κ3) is 6.04. The summed E-state index contributed by atoms with van der Waals surface area (Å²) < 4.78 is 4.25. The molecule has 0 fully saturated rings. The van der Waals surface area contributed by atoms with Crippen molar-refractivity contribution >= 4 is 38.9 Å². The summed E-state index contributed by atoms with van der Waals surface area (Å²) in [5.74, 6) is 0.883. The summed E-state index contributed by atoms with van der Waals surface area (Å²) in [6.45, 7) is 11.3. The predicted octanol–water partition coefficient (Wildman–Crippen LogP) is 12.7. The summed E-state index contributed by atoms with van der Waals surface area (Å²) in [6, 6.07) is 59.3. The minimum absolute atomic E-state index is 0. The summed E-state index contributed by atoms with van der Waals surface area (Å²) in [5.41, 5.74) is 13.5. The molecule has 6 heteroatoms.